The van der Waals surface area contributed by atoms with Gasteiger partial charge in [-0.3, -0.25) is 0 Å². The number of anilines is 1. The summed E-state index contributed by atoms with van der Waals surface area (Å²) in [7, 11) is 0. The summed E-state index contributed by atoms with van der Waals surface area (Å²) < 4.78 is 74.6. The maximum Gasteiger partial charge on any atom is 0.389 e. The number of urea groups is 1. The number of alkyl halides is 3. The number of aliphatic carboxylic acids is 1. The Balaban J connectivity index is 1.92. The number of carboxylic acid groups (broad SMARTS) is 1. The fraction of sp³-hybridized carbons (Fsp3) is 0.481. The number of carboxylic acids is 1. The quantitative estimate of drug-likeness (QED) is 0.183. The van der Waals surface area contributed by atoms with Crippen molar-refractivity contribution >= 4 is 17.7 Å². The van der Waals surface area contributed by atoms with Crippen LogP contribution in [0.4, 0.5) is 32.4 Å². The predicted octanol–water partition coefficient (Wildman–Crippen LogP) is 6.42. The highest BCUT2D eigenvalue weighted by Gasteiger charge is 2.25. The second-order valence-corrected chi connectivity index (χ2v) is 8.80. The number of rotatable bonds is 16. The van der Waals surface area contributed by atoms with Crippen molar-refractivity contribution in [2.24, 2.45) is 0 Å². The van der Waals surface area contributed by atoms with E-state index in [1.807, 2.05) is 0 Å². The number of amides is 2. The zero-order valence-corrected chi connectivity index (χ0v) is 21.6. The molecule has 0 bridgehead atoms. The Morgan fingerprint density at radius 1 is 0.974 bits per heavy atom. The van der Waals surface area contributed by atoms with Crippen molar-refractivity contribution in [3.05, 3.63) is 59.7 Å². The van der Waals surface area contributed by atoms with Crippen LogP contribution in [0.1, 0.15) is 44.6 Å². The zero-order chi connectivity index (χ0) is 28.8. The topological polar surface area (TPSA) is 88.1 Å². The number of benzene rings is 2. The third-order valence-corrected chi connectivity index (χ3v) is 5.71. The number of nitrogens with one attached hydrogen (secondary N) is 1. The second kappa shape index (κ2) is 15.9. The fourth-order valence-corrected chi connectivity index (χ4v) is 3.70. The summed E-state index contributed by atoms with van der Waals surface area (Å²) in [4.78, 5) is 25.4. The van der Waals surface area contributed by atoms with Gasteiger partial charge in [0, 0.05) is 37.7 Å². The maximum atomic E-state index is 13.5. The van der Waals surface area contributed by atoms with Crippen molar-refractivity contribution in [2.45, 2.75) is 57.7 Å². The molecule has 12 heteroatoms. The highest BCUT2D eigenvalue weighted by molar-refractivity contribution is 5.89. The van der Waals surface area contributed by atoms with Gasteiger partial charge in [-0.05, 0) is 49.6 Å². The highest BCUT2D eigenvalue weighted by Crippen LogP contribution is 2.23. The average Bonchev–Trinajstić information content (AvgIpc) is 2.87. The van der Waals surface area contributed by atoms with E-state index in [4.69, 9.17) is 9.47 Å². The van der Waals surface area contributed by atoms with Crippen LogP contribution in [0.2, 0.25) is 0 Å². The molecule has 0 fully saturated rings. The summed E-state index contributed by atoms with van der Waals surface area (Å²) in [6, 6.07) is 9.09. The fourth-order valence-electron chi connectivity index (χ4n) is 3.70. The van der Waals surface area contributed by atoms with E-state index in [1.165, 1.54) is 11.0 Å². The molecule has 1 atom stereocenters. The molecule has 216 valence electrons. The van der Waals surface area contributed by atoms with E-state index in [2.05, 4.69) is 5.32 Å². The Hall–Kier alpha value is -3.41. The van der Waals surface area contributed by atoms with E-state index in [0.717, 1.165) is 17.7 Å². The van der Waals surface area contributed by atoms with Crippen molar-refractivity contribution in [3.63, 3.8) is 0 Å². The van der Waals surface area contributed by atoms with Crippen LogP contribution >= 0.6 is 0 Å². The summed E-state index contributed by atoms with van der Waals surface area (Å²) in [5.74, 6) is -2.75. The monoisotopic (exact) mass is 560 g/mol. The Morgan fingerprint density at radius 2 is 1.67 bits per heavy atom. The van der Waals surface area contributed by atoms with E-state index in [1.54, 1.807) is 31.2 Å². The minimum atomic E-state index is -4.20. The summed E-state index contributed by atoms with van der Waals surface area (Å²) in [5, 5.41) is 11.7. The number of unbranched alkanes of at least 4 members (excludes halogenated alkanes) is 3. The van der Waals surface area contributed by atoms with Gasteiger partial charge in [0.2, 0.25) is 0 Å². The first-order valence-electron chi connectivity index (χ1n) is 12.6. The maximum absolute atomic E-state index is 13.5. The molecule has 1 unspecified atom stereocenters. The van der Waals surface area contributed by atoms with E-state index >= 15 is 0 Å². The van der Waals surface area contributed by atoms with Gasteiger partial charge in [0.1, 0.15) is 12.4 Å². The Morgan fingerprint density at radius 3 is 2.28 bits per heavy atom. The molecule has 0 saturated carbocycles. The first-order chi connectivity index (χ1) is 18.5. The lowest BCUT2D eigenvalue weighted by molar-refractivity contribution is -0.150. The number of hydrogen-bond donors (Lipinski definition) is 2. The van der Waals surface area contributed by atoms with Gasteiger partial charge in [0.25, 0.3) is 0 Å². The molecule has 7 nitrogen and oxygen atoms in total. The minimum Gasteiger partial charge on any atom is -0.492 e. The molecule has 2 aromatic carbocycles. The number of ether oxygens (including phenoxy) is 2. The lowest BCUT2D eigenvalue weighted by atomic mass is 10.1. The van der Waals surface area contributed by atoms with Crippen LogP contribution in [-0.4, -0.2) is 60.6 Å². The normalized spacial score (nSPS) is 12.2. The van der Waals surface area contributed by atoms with Crippen molar-refractivity contribution in [1.82, 2.24) is 4.90 Å². The highest BCUT2D eigenvalue weighted by atomic mass is 19.4. The lowest BCUT2D eigenvalue weighted by Gasteiger charge is -2.23. The second-order valence-electron chi connectivity index (χ2n) is 8.80. The first kappa shape index (κ1) is 31.8. The van der Waals surface area contributed by atoms with Crippen LogP contribution < -0.4 is 10.1 Å². The van der Waals surface area contributed by atoms with Crippen LogP contribution in [0.15, 0.2) is 42.5 Å². The third-order valence-electron chi connectivity index (χ3n) is 5.71. The van der Waals surface area contributed by atoms with Gasteiger partial charge in [0.15, 0.2) is 17.7 Å². The number of hydrogen-bond acceptors (Lipinski definition) is 4. The summed E-state index contributed by atoms with van der Waals surface area (Å²) >= 11 is 0. The van der Waals surface area contributed by atoms with Crippen molar-refractivity contribution in [2.75, 3.05) is 31.6 Å². The van der Waals surface area contributed by atoms with Gasteiger partial charge in [-0.1, -0.05) is 25.0 Å². The lowest BCUT2D eigenvalue weighted by Crippen LogP contribution is -2.38. The molecule has 0 aliphatic rings. The Bertz CT molecular complexity index is 1050. The van der Waals surface area contributed by atoms with Gasteiger partial charge >= 0.3 is 18.2 Å². The van der Waals surface area contributed by atoms with Crippen LogP contribution in [0.5, 0.6) is 5.75 Å². The SMILES string of the molecule is CCOC(Cc1ccc(OCCN(CCCCCCC(F)(F)F)C(=O)Nc2ccc(F)c(F)c2)cc1)C(=O)O. The summed E-state index contributed by atoms with van der Waals surface area (Å²) in [5.41, 5.74) is 0.790. The summed E-state index contributed by atoms with van der Waals surface area (Å²) in [6.45, 7) is 2.40. The Kier molecular flexibility index (Phi) is 12.9. The van der Waals surface area contributed by atoms with Gasteiger partial charge < -0.3 is 24.8 Å². The smallest absolute Gasteiger partial charge is 0.389 e. The first-order valence-corrected chi connectivity index (χ1v) is 12.6. The van der Waals surface area contributed by atoms with Gasteiger partial charge in [-0.15, -0.1) is 0 Å². The van der Waals surface area contributed by atoms with Gasteiger partial charge in [-0.25, -0.2) is 18.4 Å². The van der Waals surface area contributed by atoms with Gasteiger partial charge in [0.05, 0.1) is 6.54 Å². The molecule has 2 N–H and O–H groups in total. The largest absolute Gasteiger partial charge is 0.492 e. The molecule has 0 radical (unpaired) electrons. The molecule has 2 amide bonds. The minimum absolute atomic E-state index is 0.00143. The average molecular weight is 561 g/mol. The molecule has 0 aromatic heterocycles. The van der Waals surface area contributed by atoms with Crippen LogP contribution in [0.25, 0.3) is 0 Å². The number of halogens is 5. The molecule has 0 aliphatic heterocycles. The molecule has 0 heterocycles. The van der Waals surface area contributed by atoms with E-state index < -0.39 is 42.3 Å². The molecular weight excluding hydrogens is 527 g/mol. The Labute approximate surface area is 223 Å². The van der Waals surface area contributed by atoms with Crippen molar-refractivity contribution < 1.29 is 46.1 Å². The number of carbonyl (C=O) groups is 2. The van der Waals surface area contributed by atoms with E-state index in [0.29, 0.717) is 25.0 Å². The molecule has 2 rings (SSSR count). The van der Waals surface area contributed by atoms with E-state index in [-0.39, 0.29) is 44.8 Å². The summed E-state index contributed by atoms with van der Waals surface area (Å²) in [6.07, 6.45) is -4.56. The number of nitrogens with zero attached hydrogens (tertiary/aromatic N) is 1. The van der Waals surface area contributed by atoms with Crippen molar-refractivity contribution in [1.29, 1.82) is 0 Å². The van der Waals surface area contributed by atoms with Crippen LogP contribution in [0, 0.1) is 11.6 Å². The third kappa shape index (κ3) is 12.3. The standard InChI is InChI=1S/C27H33F5N2O5/c1-2-38-24(25(35)36)17-19-7-10-21(11-8-19)39-16-15-34(14-6-4-3-5-13-27(30,31)32)26(37)33-20-9-12-22(28)23(29)18-20/h7-12,18,24H,2-6,13-17H2,1H3,(H,33,37)(H,35,36). The predicted molar refractivity (Wildman–Crippen MR) is 135 cm³/mol. The molecule has 39 heavy (non-hydrogen) atoms. The van der Waals surface area contributed by atoms with Crippen molar-refractivity contribution in [3.8, 4) is 5.75 Å². The van der Waals surface area contributed by atoms with Crippen LogP contribution in [-0.2, 0) is 16.0 Å². The molecule has 2 aromatic rings. The molecule has 0 spiro atoms. The van der Waals surface area contributed by atoms with Gasteiger partial charge in [-0.2, -0.15) is 13.2 Å². The van der Waals surface area contributed by atoms with E-state index in [9.17, 15) is 36.6 Å². The number of carbonyl (C=O) groups excluding carboxylic acids is 1. The molecule has 0 aliphatic carbocycles. The molecular formula is C27H33F5N2O5. The molecule has 0 saturated heterocycles. The zero-order valence-electron chi connectivity index (χ0n) is 21.6. The van der Waals surface area contributed by atoms with Crippen LogP contribution in [0.3, 0.4) is 0 Å².